The molecule has 0 saturated carbocycles. The maximum Gasteiger partial charge on any atom is 0.330 e. The van der Waals surface area contributed by atoms with E-state index >= 15 is 0 Å². The van der Waals surface area contributed by atoms with Gasteiger partial charge in [0.05, 0.1) is 5.92 Å². The van der Waals surface area contributed by atoms with Crippen molar-refractivity contribution in [2.75, 3.05) is 13.1 Å². The standard InChI is InChI=1S/C19H20FN5O5S/c1-23-11-15(18(26)24(2)19(23)27)31(28,29)25-8-4-6-13(10-25)17-21-16(22-30-17)12-5-3-7-14(20)9-12/h3,5,7,9,11,13H,4,6,8,10H2,1-2H3. The van der Waals surface area contributed by atoms with Crippen LogP contribution in [0.25, 0.3) is 11.4 Å². The lowest BCUT2D eigenvalue weighted by molar-refractivity contribution is 0.265. The second-order valence-electron chi connectivity index (χ2n) is 7.42. The number of benzene rings is 1. The fourth-order valence-electron chi connectivity index (χ4n) is 3.60. The zero-order chi connectivity index (χ0) is 22.3. The van der Waals surface area contributed by atoms with Gasteiger partial charge in [-0.3, -0.25) is 9.36 Å². The first-order valence-electron chi connectivity index (χ1n) is 9.55. The van der Waals surface area contributed by atoms with Crippen LogP contribution in [0.4, 0.5) is 4.39 Å². The molecule has 0 bridgehead atoms. The molecule has 12 heteroatoms. The van der Waals surface area contributed by atoms with E-state index in [0.29, 0.717) is 18.4 Å². The first-order valence-corrected chi connectivity index (χ1v) is 11.0. The van der Waals surface area contributed by atoms with Gasteiger partial charge in [0.15, 0.2) is 4.90 Å². The number of hydrogen-bond donors (Lipinski definition) is 0. The summed E-state index contributed by atoms with van der Waals surface area (Å²) < 4.78 is 48.1. The van der Waals surface area contributed by atoms with Gasteiger partial charge in [0.25, 0.3) is 5.56 Å². The van der Waals surface area contributed by atoms with Gasteiger partial charge in [-0.15, -0.1) is 0 Å². The molecular weight excluding hydrogens is 429 g/mol. The van der Waals surface area contributed by atoms with E-state index in [1.54, 1.807) is 6.07 Å². The first kappa shape index (κ1) is 21.1. The molecule has 0 radical (unpaired) electrons. The van der Waals surface area contributed by atoms with Crippen molar-refractivity contribution < 1.29 is 17.3 Å². The quantitative estimate of drug-likeness (QED) is 0.579. The Kier molecular flexibility index (Phi) is 5.35. The van der Waals surface area contributed by atoms with Gasteiger partial charge in [0.1, 0.15) is 5.82 Å². The summed E-state index contributed by atoms with van der Waals surface area (Å²) in [5.74, 6) is -0.360. The van der Waals surface area contributed by atoms with Crippen molar-refractivity contribution >= 4 is 10.0 Å². The molecule has 1 atom stereocenters. The number of rotatable bonds is 4. The molecule has 0 aliphatic carbocycles. The van der Waals surface area contributed by atoms with E-state index in [2.05, 4.69) is 10.1 Å². The molecular formula is C19H20FN5O5S. The monoisotopic (exact) mass is 449 g/mol. The van der Waals surface area contributed by atoms with Gasteiger partial charge in [0.2, 0.25) is 21.7 Å². The molecule has 1 aliphatic heterocycles. The maximum absolute atomic E-state index is 13.5. The minimum atomic E-state index is -4.15. The molecule has 1 aliphatic rings. The highest BCUT2D eigenvalue weighted by molar-refractivity contribution is 7.89. The van der Waals surface area contributed by atoms with Crippen LogP contribution in [0.5, 0.6) is 0 Å². The minimum Gasteiger partial charge on any atom is -0.339 e. The Morgan fingerprint density at radius 2 is 2.00 bits per heavy atom. The Bertz CT molecular complexity index is 1360. The summed E-state index contributed by atoms with van der Waals surface area (Å²) in [6.07, 6.45) is 2.17. The van der Waals surface area contributed by atoms with E-state index in [0.717, 1.165) is 15.3 Å². The highest BCUT2D eigenvalue weighted by atomic mass is 32.2. The summed E-state index contributed by atoms with van der Waals surface area (Å²) in [5.41, 5.74) is -1.04. The van der Waals surface area contributed by atoms with Crippen molar-refractivity contribution in [2.45, 2.75) is 23.7 Å². The fraction of sp³-hybridized carbons (Fsp3) is 0.368. The van der Waals surface area contributed by atoms with E-state index < -0.39 is 32.0 Å². The summed E-state index contributed by atoms with van der Waals surface area (Å²) in [4.78, 5) is 28.2. The minimum absolute atomic E-state index is 0.0408. The Hall–Kier alpha value is -3.12. The molecule has 3 aromatic rings. The van der Waals surface area contributed by atoms with Gasteiger partial charge in [-0.1, -0.05) is 17.3 Å². The second kappa shape index (κ2) is 7.85. The summed E-state index contributed by atoms with van der Waals surface area (Å²) in [6, 6.07) is 5.76. The average molecular weight is 449 g/mol. The van der Waals surface area contributed by atoms with Crippen LogP contribution in [-0.2, 0) is 24.1 Å². The molecule has 3 heterocycles. The normalized spacial score (nSPS) is 17.7. The molecule has 4 rings (SSSR count). The highest BCUT2D eigenvalue weighted by Gasteiger charge is 2.35. The maximum atomic E-state index is 13.5. The average Bonchev–Trinajstić information content (AvgIpc) is 3.25. The van der Waals surface area contributed by atoms with Crippen LogP contribution in [0.2, 0.25) is 0 Å². The zero-order valence-corrected chi connectivity index (χ0v) is 17.7. The van der Waals surface area contributed by atoms with E-state index in [-0.39, 0.29) is 30.7 Å². The predicted molar refractivity (Wildman–Crippen MR) is 107 cm³/mol. The Balaban J connectivity index is 1.62. The van der Waals surface area contributed by atoms with Crippen molar-refractivity contribution in [3.8, 4) is 11.4 Å². The van der Waals surface area contributed by atoms with Gasteiger partial charge in [0, 0.05) is 38.9 Å². The largest absolute Gasteiger partial charge is 0.339 e. The molecule has 2 aromatic heterocycles. The van der Waals surface area contributed by atoms with Crippen LogP contribution in [0.15, 0.2) is 49.5 Å². The molecule has 31 heavy (non-hydrogen) atoms. The Morgan fingerprint density at radius 1 is 1.23 bits per heavy atom. The lowest BCUT2D eigenvalue weighted by Crippen LogP contribution is -2.45. The summed E-state index contributed by atoms with van der Waals surface area (Å²) in [7, 11) is -1.53. The van der Waals surface area contributed by atoms with Crippen molar-refractivity contribution in [1.82, 2.24) is 23.6 Å². The van der Waals surface area contributed by atoms with Crippen LogP contribution in [-0.4, -0.2) is 45.1 Å². The predicted octanol–water partition coefficient (Wildman–Crippen LogP) is 0.841. The van der Waals surface area contributed by atoms with Gasteiger partial charge >= 0.3 is 5.69 Å². The van der Waals surface area contributed by atoms with Gasteiger partial charge in [-0.25, -0.2) is 17.6 Å². The first-order chi connectivity index (χ1) is 14.7. The van der Waals surface area contributed by atoms with Gasteiger partial charge in [-0.2, -0.15) is 9.29 Å². The second-order valence-corrected chi connectivity index (χ2v) is 9.33. The molecule has 0 amide bonds. The molecule has 0 N–H and O–H groups in total. The van der Waals surface area contributed by atoms with Crippen molar-refractivity contribution in [1.29, 1.82) is 0 Å². The zero-order valence-electron chi connectivity index (χ0n) is 16.9. The SMILES string of the molecule is Cn1cc(S(=O)(=O)N2CCCC(c3nc(-c4cccc(F)c4)no3)C2)c(=O)n(C)c1=O. The number of aryl methyl sites for hydroxylation is 1. The van der Waals surface area contributed by atoms with Crippen LogP contribution >= 0.6 is 0 Å². The number of piperidine rings is 1. The number of hydrogen-bond acceptors (Lipinski definition) is 7. The fourth-order valence-corrected chi connectivity index (χ4v) is 5.27. The molecule has 1 saturated heterocycles. The van der Waals surface area contributed by atoms with E-state index in [9.17, 15) is 22.4 Å². The molecule has 0 spiro atoms. The van der Waals surface area contributed by atoms with Gasteiger partial charge < -0.3 is 9.09 Å². The molecule has 164 valence electrons. The molecule has 1 aromatic carbocycles. The third-order valence-electron chi connectivity index (χ3n) is 5.29. The topological polar surface area (TPSA) is 120 Å². The van der Waals surface area contributed by atoms with E-state index in [4.69, 9.17) is 4.52 Å². The number of nitrogens with zero attached hydrogens (tertiary/aromatic N) is 5. The van der Waals surface area contributed by atoms with Crippen molar-refractivity contribution in [3.05, 3.63) is 63.0 Å². The van der Waals surface area contributed by atoms with E-state index in [1.807, 2.05) is 0 Å². The molecule has 1 unspecified atom stereocenters. The van der Waals surface area contributed by atoms with Crippen LogP contribution in [0.1, 0.15) is 24.7 Å². The van der Waals surface area contributed by atoms with Crippen LogP contribution < -0.4 is 11.2 Å². The van der Waals surface area contributed by atoms with Crippen LogP contribution in [0, 0.1) is 5.82 Å². The molecule has 1 fully saturated rings. The van der Waals surface area contributed by atoms with E-state index in [1.165, 1.54) is 36.6 Å². The molecule has 10 nitrogen and oxygen atoms in total. The number of aromatic nitrogens is 4. The lowest BCUT2D eigenvalue weighted by Gasteiger charge is -2.30. The summed E-state index contributed by atoms with van der Waals surface area (Å²) >= 11 is 0. The Morgan fingerprint density at radius 3 is 2.74 bits per heavy atom. The lowest BCUT2D eigenvalue weighted by atomic mass is 10.00. The number of halogens is 1. The smallest absolute Gasteiger partial charge is 0.330 e. The third-order valence-corrected chi connectivity index (χ3v) is 7.14. The summed E-state index contributed by atoms with van der Waals surface area (Å²) in [6.45, 7) is 0.259. The van der Waals surface area contributed by atoms with Gasteiger partial charge in [-0.05, 0) is 25.0 Å². The van der Waals surface area contributed by atoms with Crippen molar-refractivity contribution in [2.24, 2.45) is 14.1 Å². The third kappa shape index (κ3) is 3.83. The summed E-state index contributed by atoms with van der Waals surface area (Å²) in [5, 5.41) is 3.88. The number of sulfonamides is 1. The van der Waals surface area contributed by atoms with Crippen LogP contribution in [0.3, 0.4) is 0 Å². The highest BCUT2D eigenvalue weighted by Crippen LogP contribution is 2.30. The Labute approximate surface area is 176 Å². The van der Waals surface area contributed by atoms with Crippen molar-refractivity contribution in [3.63, 3.8) is 0 Å².